The first-order valence-electron chi connectivity index (χ1n) is 5.82. The van der Waals surface area contributed by atoms with Crippen LogP contribution in [0.3, 0.4) is 0 Å². The Balaban J connectivity index is 5.89. The van der Waals surface area contributed by atoms with Crippen molar-refractivity contribution >= 4 is 0 Å². The van der Waals surface area contributed by atoms with Crippen molar-refractivity contribution in [3.8, 4) is 0 Å². The summed E-state index contributed by atoms with van der Waals surface area (Å²) in [6.07, 6.45) is 0. The van der Waals surface area contributed by atoms with Crippen LogP contribution in [0.25, 0.3) is 0 Å². The Morgan fingerprint density at radius 1 is 0.692 bits per heavy atom. The number of hydrogen-bond acceptors (Lipinski definition) is 1. The molecular weight excluding hydrogens is 327 g/mol. The van der Waals surface area contributed by atoms with Crippen LogP contribution >= 0.6 is 0 Å². The van der Waals surface area contributed by atoms with Crippen molar-refractivity contribution in [2.75, 3.05) is 0 Å². The van der Waals surface area contributed by atoms with Crippen LogP contribution in [-0.4, -0.2) is 0 Å². The second-order valence-electron chi connectivity index (χ2n) is 6.57. The molecule has 0 atom stereocenters. The van der Waals surface area contributed by atoms with Crippen molar-refractivity contribution in [3.63, 3.8) is 0 Å². The Labute approximate surface area is 80.5 Å². The van der Waals surface area contributed by atoms with Gasteiger partial charge in [0.25, 0.3) is 0 Å². The molecule has 0 unspecified atom stereocenters. The van der Waals surface area contributed by atoms with Crippen molar-refractivity contribution in [2.24, 2.45) is 4.14 Å². The molecule has 0 spiro atoms. The summed E-state index contributed by atoms with van der Waals surface area (Å²) in [4.78, 5) is 0. The normalized spacial score (nSPS) is 21.3. The average molecular weight is 357 g/mol. The number of rotatable bonds is 5. The molecule has 0 radical (unpaired) electrons. The molecule has 0 rings (SSSR count). The zero-order valence-electron chi connectivity index (χ0n) is 10.6. The van der Waals surface area contributed by atoms with Crippen molar-refractivity contribution in [1.82, 2.24) is 0 Å². The molecule has 0 heterocycles. The summed E-state index contributed by atoms with van der Waals surface area (Å²) in [6.45, 7) is 11.6. The van der Waals surface area contributed by atoms with Gasteiger partial charge in [-0.05, 0) is 0 Å². The molecule has 0 aromatic heterocycles. The van der Waals surface area contributed by atoms with E-state index in [1.807, 2.05) is 0 Å². The van der Waals surface area contributed by atoms with Gasteiger partial charge in [0.05, 0.1) is 0 Å². The zero-order valence-corrected chi connectivity index (χ0v) is 13.8. The van der Waals surface area contributed by atoms with Crippen LogP contribution in [0.1, 0.15) is 34.6 Å². The molecule has 0 aromatic rings. The van der Waals surface area contributed by atoms with Gasteiger partial charge in [-0.2, -0.15) is 0 Å². The van der Waals surface area contributed by atoms with Gasteiger partial charge in [-0.3, -0.25) is 0 Å². The predicted molar refractivity (Wildman–Crippen MR) is 62.5 cm³/mol. The van der Waals surface area contributed by atoms with Crippen LogP contribution in [0.5, 0.6) is 0 Å². The Morgan fingerprint density at radius 3 is 0.846 bits per heavy atom. The fraction of sp³-hybridized carbons (Fsp3) is 1.00. The van der Waals surface area contributed by atoms with Gasteiger partial charge < -0.3 is 0 Å². The van der Waals surface area contributed by atoms with Gasteiger partial charge in [0.1, 0.15) is 0 Å². The molecule has 2 heteroatoms. The van der Waals surface area contributed by atoms with Crippen LogP contribution in [0.15, 0.2) is 0 Å². The molecule has 13 heavy (non-hydrogen) atoms. The van der Waals surface area contributed by atoms with Gasteiger partial charge in [-0.15, -0.1) is 0 Å². The summed E-state index contributed by atoms with van der Waals surface area (Å²) in [5.74, 6) is 0. The molecule has 0 aromatic carbocycles. The molecule has 0 amide bonds. The fourth-order valence-electron chi connectivity index (χ4n) is 2.24. The van der Waals surface area contributed by atoms with Crippen LogP contribution in [0.2, 0.25) is 28.3 Å². The van der Waals surface area contributed by atoms with Gasteiger partial charge in [-0.25, -0.2) is 0 Å². The summed E-state index contributed by atoms with van der Waals surface area (Å²) >= 11 is -3.75. The van der Waals surface area contributed by atoms with E-state index >= 15 is 0 Å². The first-order chi connectivity index (χ1) is 5.63. The Morgan fingerprint density at radius 2 is 0.846 bits per heavy atom. The standard InChI is InChI=1S/5C2H5.CH3.H2N.Ta/c5*1-2;;;/h5*1H2,2H3;1H3;1H2;/q;;;;;;-1;+1. The van der Waals surface area contributed by atoms with Crippen LogP contribution in [0, 0.1) is 0 Å². The molecular formula is C11H30NTa. The van der Waals surface area contributed by atoms with E-state index in [4.69, 9.17) is 4.14 Å². The second kappa shape index (κ2) is 2.44. The molecule has 0 aliphatic carbocycles. The van der Waals surface area contributed by atoms with Gasteiger partial charge >= 0.3 is 80.5 Å². The summed E-state index contributed by atoms with van der Waals surface area (Å²) in [7, 11) is 0. The Kier molecular flexibility index (Phi) is 2.57. The van der Waals surface area contributed by atoms with E-state index in [0.717, 1.165) is 0 Å². The van der Waals surface area contributed by atoms with Crippen molar-refractivity contribution < 1.29 is 13.5 Å². The van der Waals surface area contributed by atoms with Crippen LogP contribution < -0.4 is 4.14 Å². The van der Waals surface area contributed by atoms with E-state index in [9.17, 15) is 0 Å². The number of nitrogens with two attached hydrogens (primary N) is 1. The molecule has 0 aliphatic rings. The maximum absolute atomic E-state index is 7.18. The zero-order chi connectivity index (χ0) is 10.9. The average Bonchev–Trinajstić information content (AvgIpc) is 2.21. The van der Waals surface area contributed by atoms with Crippen molar-refractivity contribution in [2.45, 2.75) is 63.0 Å². The van der Waals surface area contributed by atoms with Crippen molar-refractivity contribution in [1.29, 1.82) is 0 Å². The monoisotopic (exact) mass is 357 g/mol. The summed E-state index contributed by atoms with van der Waals surface area (Å²) in [6, 6.07) is 0. The van der Waals surface area contributed by atoms with E-state index in [0.29, 0.717) is 0 Å². The minimum atomic E-state index is -3.75. The Hall–Kier alpha value is 0.700. The SMILES string of the molecule is C[CH2][Ta]([CH3])([NH2])([CH2]C)([CH2]C)([CH2]C)[CH2]C. The first-order valence-corrected chi connectivity index (χ1v) is 22.3. The van der Waals surface area contributed by atoms with Crippen molar-refractivity contribution in [3.05, 3.63) is 0 Å². The van der Waals surface area contributed by atoms with Gasteiger partial charge in [0, 0.05) is 0 Å². The maximum atomic E-state index is 7.18. The third kappa shape index (κ3) is 1.54. The molecule has 0 saturated heterocycles. The second-order valence-corrected chi connectivity index (χ2v) is 53.8. The summed E-state index contributed by atoms with van der Waals surface area (Å²) in [5, 5.41) is 2.50. The third-order valence-electron chi connectivity index (χ3n) is 6.97. The van der Waals surface area contributed by atoms with E-state index in [-0.39, 0.29) is 0 Å². The van der Waals surface area contributed by atoms with Crippen LogP contribution in [0.4, 0.5) is 0 Å². The number of hydrogen-bond donors (Lipinski definition) is 1. The minimum absolute atomic E-state index is 1.24. The predicted octanol–water partition coefficient (Wildman–Crippen LogP) is 4.86. The van der Waals surface area contributed by atoms with E-state index in [1.165, 1.54) is 23.2 Å². The third-order valence-corrected chi connectivity index (χ3v) is 57.0. The molecule has 2 N–H and O–H groups in total. The van der Waals surface area contributed by atoms with Gasteiger partial charge in [-0.1, -0.05) is 0 Å². The molecule has 0 fully saturated rings. The molecule has 0 aliphatic heterocycles. The van der Waals surface area contributed by atoms with Crippen LogP contribution in [-0.2, 0) is 13.5 Å². The van der Waals surface area contributed by atoms with E-state index in [1.54, 1.807) is 0 Å². The van der Waals surface area contributed by atoms with E-state index < -0.39 is 13.5 Å². The molecule has 1 nitrogen and oxygen atoms in total. The molecule has 0 bridgehead atoms. The molecule has 84 valence electrons. The van der Waals surface area contributed by atoms with Gasteiger partial charge in [0.2, 0.25) is 0 Å². The summed E-state index contributed by atoms with van der Waals surface area (Å²) < 4.78 is 13.4. The quantitative estimate of drug-likeness (QED) is 0.747. The summed E-state index contributed by atoms with van der Waals surface area (Å²) in [5.41, 5.74) is 0. The molecule has 0 saturated carbocycles. The first kappa shape index (κ1) is 13.7. The Bertz CT molecular complexity index is 176. The topological polar surface area (TPSA) is 26.0 Å². The fourth-order valence-corrected chi connectivity index (χ4v) is 18.3. The van der Waals surface area contributed by atoms with Gasteiger partial charge in [0.15, 0.2) is 0 Å². The van der Waals surface area contributed by atoms with E-state index in [2.05, 4.69) is 39.8 Å².